The van der Waals surface area contributed by atoms with Crippen molar-refractivity contribution in [1.82, 2.24) is 29.9 Å². The average Bonchev–Trinajstić information content (AvgIpc) is 3.35. The molecule has 4 rings (SSSR count). The zero-order valence-corrected chi connectivity index (χ0v) is 17.1. The van der Waals surface area contributed by atoms with Gasteiger partial charge in [-0.05, 0) is 52.2 Å². The monoisotopic (exact) mass is 380 g/mol. The summed E-state index contributed by atoms with van der Waals surface area (Å²) in [5, 5.41) is 12.9. The van der Waals surface area contributed by atoms with Gasteiger partial charge in [0.15, 0.2) is 5.65 Å². The standard InChI is InChI=1S/C21H28N6O/c1-5-8-26-20-18(11-22-26)17(10-19(24-20)16-6-7-16)21(28)23-14(3)12-27-15(4)9-13(2)25-27/h9-11,14,16H,5-8,12H2,1-4H3,(H,23,28). The van der Waals surface area contributed by atoms with E-state index in [2.05, 4.69) is 22.4 Å². The second kappa shape index (κ2) is 7.37. The van der Waals surface area contributed by atoms with Gasteiger partial charge in [0, 0.05) is 29.9 Å². The van der Waals surface area contributed by atoms with Crippen molar-refractivity contribution in [1.29, 1.82) is 0 Å². The summed E-state index contributed by atoms with van der Waals surface area (Å²) in [5.41, 5.74) is 4.60. The molecule has 1 aliphatic carbocycles. The molecule has 1 unspecified atom stereocenters. The van der Waals surface area contributed by atoms with Crippen LogP contribution in [0.1, 0.15) is 66.5 Å². The molecule has 1 saturated carbocycles. The molecule has 7 nitrogen and oxygen atoms in total. The van der Waals surface area contributed by atoms with E-state index in [9.17, 15) is 4.79 Å². The molecule has 0 radical (unpaired) electrons. The topological polar surface area (TPSA) is 77.6 Å². The Morgan fingerprint density at radius 2 is 2.07 bits per heavy atom. The molecule has 3 aromatic heterocycles. The molecule has 7 heteroatoms. The number of hydrogen-bond donors (Lipinski definition) is 1. The summed E-state index contributed by atoms with van der Waals surface area (Å²) in [6, 6.07) is 3.97. The molecule has 1 aliphatic rings. The van der Waals surface area contributed by atoms with Gasteiger partial charge in [-0.3, -0.25) is 9.48 Å². The molecule has 3 heterocycles. The minimum Gasteiger partial charge on any atom is -0.348 e. The van der Waals surface area contributed by atoms with Crippen LogP contribution in [-0.4, -0.2) is 36.5 Å². The SMILES string of the molecule is CCCn1ncc2c(C(=O)NC(C)Cn3nc(C)cc3C)cc(C3CC3)nc21. The number of carbonyl (C=O) groups is 1. The first-order valence-electron chi connectivity index (χ1n) is 10.1. The lowest BCUT2D eigenvalue weighted by Crippen LogP contribution is -2.36. The number of amides is 1. The fourth-order valence-corrected chi connectivity index (χ4v) is 3.68. The zero-order valence-electron chi connectivity index (χ0n) is 17.1. The van der Waals surface area contributed by atoms with E-state index in [1.807, 2.05) is 42.3 Å². The summed E-state index contributed by atoms with van der Waals surface area (Å²) in [7, 11) is 0. The van der Waals surface area contributed by atoms with Gasteiger partial charge < -0.3 is 5.32 Å². The lowest BCUT2D eigenvalue weighted by molar-refractivity contribution is 0.0937. The normalized spacial score (nSPS) is 15.1. The van der Waals surface area contributed by atoms with Crippen LogP contribution in [0.5, 0.6) is 0 Å². The van der Waals surface area contributed by atoms with Gasteiger partial charge in [-0.15, -0.1) is 0 Å². The third-order valence-corrected chi connectivity index (χ3v) is 5.23. The number of hydrogen-bond acceptors (Lipinski definition) is 4. The van der Waals surface area contributed by atoms with Gasteiger partial charge in [0.2, 0.25) is 0 Å². The van der Waals surface area contributed by atoms with Gasteiger partial charge in [0.25, 0.3) is 5.91 Å². The molecular formula is C21H28N6O. The number of aromatic nitrogens is 5. The Morgan fingerprint density at radius 3 is 2.71 bits per heavy atom. The maximum Gasteiger partial charge on any atom is 0.252 e. The summed E-state index contributed by atoms with van der Waals surface area (Å²) in [6.45, 7) is 9.59. The van der Waals surface area contributed by atoms with Crippen molar-refractivity contribution < 1.29 is 4.79 Å². The van der Waals surface area contributed by atoms with Crippen LogP contribution in [-0.2, 0) is 13.1 Å². The number of fused-ring (bicyclic) bond motifs is 1. The molecule has 0 bridgehead atoms. The Balaban J connectivity index is 1.60. The van der Waals surface area contributed by atoms with Gasteiger partial charge in [-0.25, -0.2) is 9.67 Å². The summed E-state index contributed by atoms with van der Waals surface area (Å²) in [4.78, 5) is 17.9. The van der Waals surface area contributed by atoms with Gasteiger partial charge in [0.05, 0.1) is 29.4 Å². The first-order valence-corrected chi connectivity index (χ1v) is 10.1. The van der Waals surface area contributed by atoms with Gasteiger partial charge in [-0.2, -0.15) is 10.2 Å². The van der Waals surface area contributed by atoms with Crippen LogP contribution in [0, 0.1) is 13.8 Å². The molecular weight excluding hydrogens is 352 g/mol. The van der Waals surface area contributed by atoms with Crippen LogP contribution in [0.25, 0.3) is 11.0 Å². The molecule has 0 spiro atoms. The summed E-state index contributed by atoms with van der Waals surface area (Å²) in [6.07, 6.45) is 5.05. The molecule has 28 heavy (non-hydrogen) atoms. The van der Waals surface area contributed by atoms with Crippen LogP contribution >= 0.6 is 0 Å². The second-order valence-corrected chi connectivity index (χ2v) is 7.96. The number of nitrogens with one attached hydrogen (secondary N) is 1. The van der Waals surface area contributed by atoms with Crippen molar-refractivity contribution in [2.24, 2.45) is 0 Å². The highest BCUT2D eigenvalue weighted by Gasteiger charge is 2.28. The van der Waals surface area contributed by atoms with Crippen molar-refractivity contribution in [3.8, 4) is 0 Å². The van der Waals surface area contributed by atoms with Crippen LogP contribution in [0.2, 0.25) is 0 Å². The molecule has 148 valence electrons. The number of pyridine rings is 1. The summed E-state index contributed by atoms with van der Waals surface area (Å²) >= 11 is 0. The maximum absolute atomic E-state index is 13.1. The van der Waals surface area contributed by atoms with Gasteiger partial charge in [-0.1, -0.05) is 6.92 Å². The van der Waals surface area contributed by atoms with E-state index in [0.29, 0.717) is 18.0 Å². The molecule has 1 amide bonds. The second-order valence-electron chi connectivity index (χ2n) is 7.96. The van der Waals surface area contributed by atoms with E-state index in [0.717, 1.165) is 53.9 Å². The first-order chi connectivity index (χ1) is 13.5. The minimum absolute atomic E-state index is 0.0382. The fraction of sp³-hybridized carbons (Fsp3) is 0.524. The number of aryl methyl sites for hydroxylation is 3. The van der Waals surface area contributed by atoms with E-state index in [4.69, 9.17) is 4.98 Å². The lowest BCUT2D eigenvalue weighted by Gasteiger charge is -2.16. The highest BCUT2D eigenvalue weighted by atomic mass is 16.1. The minimum atomic E-state index is -0.0700. The van der Waals surface area contributed by atoms with E-state index < -0.39 is 0 Å². The van der Waals surface area contributed by atoms with E-state index in [-0.39, 0.29) is 11.9 Å². The number of carbonyl (C=O) groups excluding carboxylic acids is 1. The molecule has 1 atom stereocenters. The zero-order chi connectivity index (χ0) is 19.8. The predicted molar refractivity (Wildman–Crippen MR) is 108 cm³/mol. The lowest BCUT2D eigenvalue weighted by atomic mass is 10.1. The number of rotatable bonds is 7. The van der Waals surface area contributed by atoms with E-state index in [1.54, 1.807) is 6.20 Å². The third-order valence-electron chi connectivity index (χ3n) is 5.23. The highest BCUT2D eigenvalue weighted by Crippen LogP contribution is 2.40. The van der Waals surface area contributed by atoms with Gasteiger partial charge in [0.1, 0.15) is 0 Å². The largest absolute Gasteiger partial charge is 0.348 e. The summed E-state index contributed by atoms with van der Waals surface area (Å²) in [5.74, 6) is 0.410. The Kier molecular flexibility index (Phi) is 4.91. The van der Waals surface area contributed by atoms with Crippen molar-refractivity contribution >= 4 is 16.9 Å². The third kappa shape index (κ3) is 3.66. The van der Waals surface area contributed by atoms with Crippen LogP contribution in [0.3, 0.4) is 0 Å². The Bertz CT molecular complexity index is 1010. The Morgan fingerprint density at radius 1 is 1.29 bits per heavy atom. The average molecular weight is 380 g/mol. The summed E-state index contributed by atoms with van der Waals surface area (Å²) < 4.78 is 3.86. The van der Waals surface area contributed by atoms with Crippen LogP contribution < -0.4 is 5.32 Å². The predicted octanol–water partition coefficient (Wildman–Crippen LogP) is 3.35. The Labute approximate surface area is 165 Å². The van der Waals surface area contributed by atoms with Crippen LogP contribution in [0.4, 0.5) is 0 Å². The number of nitrogens with zero attached hydrogens (tertiary/aromatic N) is 5. The van der Waals surface area contributed by atoms with Crippen molar-refractivity contribution in [2.45, 2.75) is 72.0 Å². The molecule has 3 aromatic rings. The Hall–Kier alpha value is -2.70. The maximum atomic E-state index is 13.1. The van der Waals surface area contributed by atoms with Crippen molar-refractivity contribution in [3.05, 3.63) is 41.0 Å². The molecule has 0 aromatic carbocycles. The van der Waals surface area contributed by atoms with E-state index >= 15 is 0 Å². The first kappa shape index (κ1) is 18.7. The highest BCUT2D eigenvalue weighted by molar-refractivity contribution is 6.05. The smallest absolute Gasteiger partial charge is 0.252 e. The molecule has 1 fully saturated rings. The van der Waals surface area contributed by atoms with Gasteiger partial charge >= 0.3 is 0 Å². The quantitative estimate of drug-likeness (QED) is 0.682. The molecule has 0 saturated heterocycles. The fourth-order valence-electron chi connectivity index (χ4n) is 3.68. The van der Waals surface area contributed by atoms with E-state index in [1.165, 1.54) is 0 Å². The molecule has 0 aliphatic heterocycles. The molecule has 1 N–H and O–H groups in total. The van der Waals surface area contributed by atoms with Crippen molar-refractivity contribution in [3.63, 3.8) is 0 Å². The van der Waals surface area contributed by atoms with Crippen LogP contribution in [0.15, 0.2) is 18.3 Å². The van der Waals surface area contributed by atoms with Crippen molar-refractivity contribution in [2.75, 3.05) is 0 Å².